The second kappa shape index (κ2) is 4.93. The molecule has 16 heavy (non-hydrogen) atoms. The van der Waals surface area contributed by atoms with Crippen LogP contribution in [-0.2, 0) is 4.79 Å². The lowest BCUT2D eigenvalue weighted by atomic mass is 10.0. The van der Waals surface area contributed by atoms with E-state index in [2.05, 4.69) is 31.5 Å². The van der Waals surface area contributed by atoms with Crippen molar-refractivity contribution in [2.45, 2.75) is 19.4 Å². The minimum Gasteiger partial charge on any atom is -0.313 e. The number of nitrogens with one attached hydrogen (secondary N) is 2. The van der Waals surface area contributed by atoms with Gasteiger partial charge in [-0.2, -0.15) is 0 Å². The summed E-state index contributed by atoms with van der Waals surface area (Å²) in [6.07, 6.45) is 2.56. The first-order valence-corrected chi connectivity index (χ1v) is 6.12. The Balaban J connectivity index is 1.99. The van der Waals surface area contributed by atoms with E-state index in [1.54, 1.807) is 12.3 Å². The second-order valence-electron chi connectivity index (χ2n) is 3.99. The van der Waals surface area contributed by atoms with Crippen LogP contribution in [0.15, 0.2) is 22.8 Å². The van der Waals surface area contributed by atoms with E-state index in [9.17, 15) is 4.79 Å². The van der Waals surface area contributed by atoms with Gasteiger partial charge in [0.05, 0.1) is 5.92 Å². The van der Waals surface area contributed by atoms with Crippen LogP contribution in [0.25, 0.3) is 0 Å². The van der Waals surface area contributed by atoms with Crippen LogP contribution in [0.4, 0.5) is 5.82 Å². The molecule has 4 nitrogen and oxygen atoms in total. The van der Waals surface area contributed by atoms with Gasteiger partial charge >= 0.3 is 0 Å². The normalized spacial score (nSPS) is 24.4. The third-order valence-electron chi connectivity index (χ3n) is 2.84. The van der Waals surface area contributed by atoms with Gasteiger partial charge in [-0.15, -0.1) is 0 Å². The van der Waals surface area contributed by atoms with Crippen molar-refractivity contribution in [1.82, 2.24) is 10.3 Å². The third kappa shape index (κ3) is 2.59. The molecule has 2 atom stereocenters. The highest BCUT2D eigenvalue weighted by Gasteiger charge is 2.29. The van der Waals surface area contributed by atoms with E-state index in [0.717, 1.165) is 17.4 Å². The van der Waals surface area contributed by atoms with Crippen molar-refractivity contribution < 1.29 is 4.79 Å². The molecule has 2 unspecified atom stereocenters. The minimum atomic E-state index is 0.0467. The van der Waals surface area contributed by atoms with Crippen LogP contribution in [-0.4, -0.2) is 23.5 Å². The highest BCUT2D eigenvalue weighted by atomic mass is 79.9. The van der Waals surface area contributed by atoms with Crippen molar-refractivity contribution in [3.63, 3.8) is 0 Å². The molecule has 0 aromatic carbocycles. The summed E-state index contributed by atoms with van der Waals surface area (Å²) in [5, 5.41) is 6.09. The Bertz CT molecular complexity index is 379. The fraction of sp³-hybridized carbons (Fsp3) is 0.455. The Morgan fingerprint density at radius 2 is 2.44 bits per heavy atom. The number of carbonyl (C=O) groups is 1. The number of nitrogens with zero attached hydrogens (tertiary/aromatic N) is 1. The lowest BCUT2D eigenvalue weighted by molar-refractivity contribution is -0.120. The molecule has 2 rings (SSSR count). The minimum absolute atomic E-state index is 0.0467. The molecule has 0 radical (unpaired) electrons. The van der Waals surface area contributed by atoms with Gasteiger partial charge in [0.2, 0.25) is 5.91 Å². The first-order chi connectivity index (χ1) is 7.66. The SMILES string of the molecule is CC1NCCC1C(=O)Nc1ccc(Br)cn1. The summed E-state index contributed by atoms with van der Waals surface area (Å²) in [6, 6.07) is 3.89. The number of hydrogen-bond acceptors (Lipinski definition) is 3. The Hall–Kier alpha value is -0.940. The quantitative estimate of drug-likeness (QED) is 0.870. The fourth-order valence-electron chi connectivity index (χ4n) is 1.89. The average Bonchev–Trinajstić information content (AvgIpc) is 2.68. The molecule has 0 saturated carbocycles. The first kappa shape index (κ1) is 11.5. The average molecular weight is 284 g/mol. The summed E-state index contributed by atoms with van der Waals surface area (Å²) in [7, 11) is 0. The zero-order valence-corrected chi connectivity index (χ0v) is 10.6. The summed E-state index contributed by atoms with van der Waals surface area (Å²) >= 11 is 3.30. The molecule has 0 aliphatic carbocycles. The molecule has 1 aliphatic rings. The molecular formula is C11H14BrN3O. The summed E-state index contributed by atoms with van der Waals surface area (Å²) in [6.45, 7) is 2.94. The highest BCUT2D eigenvalue weighted by Crippen LogP contribution is 2.17. The van der Waals surface area contributed by atoms with Crippen molar-refractivity contribution in [3.8, 4) is 0 Å². The van der Waals surface area contributed by atoms with Crippen LogP contribution in [0.3, 0.4) is 0 Å². The van der Waals surface area contributed by atoms with Crippen molar-refractivity contribution >= 4 is 27.7 Å². The maximum absolute atomic E-state index is 11.9. The van der Waals surface area contributed by atoms with Gasteiger partial charge < -0.3 is 10.6 Å². The molecular weight excluding hydrogens is 270 g/mol. The molecule has 1 aromatic heterocycles. The van der Waals surface area contributed by atoms with Crippen molar-refractivity contribution in [1.29, 1.82) is 0 Å². The topological polar surface area (TPSA) is 54.0 Å². The maximum atomic E-state index is 11.9. The predicted octanol–water partition coefficient (Wildman–Crippen LogP) is 1.78. The van der Waals surface area contributed by atoms with Gasteiger partial charge in [-0.25, -0.2) is 4.98 Å². The number of rotatable bonds is 2. The van der Waals surface area contributed by atoms with E-state index >= 15 is 0 Å². The molecule has 86 valence electrons. The summed E-state index contributed by atoms with van der Waals surface area (Å²) in [4.78, 5) is 16.0. The smallest absolute Gasteiger partial charge is 0.230 e. The van der Waals surface area contributed by atoms with Gasteiger partial charge in [-0.3, -0.25) is 4.79 Å². The van der Waals surface area contributed by atoms with Crippen LogP contribution in [0, 0.1) is 5.92 Å². The standard InChI is InChI=1S/C11H14BrN3O/c1-7-9(4-5-13-7)11(16)15-10-3-2-8(12)6-14-10/h2-3,6-7,9,13H,4-5H2,1H3,(H,14,15,16). The van der Waals surface area contributed by atoms with Crippen molar-refractivity contribution in [3.05, 3.63) is 22.8 Å². The van der Waals surface area contributed by atoms with E-state index in [1.165, 1.54) is 0 Å². The van der Waals surface area contributed by atoms with E-state index in [-0.39, 0.29) is 17.9 Å². The van der Waals surface area contributed by atoms with Crippen LogP contribution in [0.5, 0.6) is 0 Å². The Labute approximate surface area is 103 Å². The summed E-state index contributed by atoms with van der Waals surface area (Å²) in [5.74, 6) is 0.699. The molecule has 1 saturated heterocycles. The molecule has 2 N–H and O–H groups in total. The Morgan fingerprint density at radius 1 is 1.62 bits per heavy atom. The fourth-order valence-corrected chi connectivity index (χ4v) is 2.12. The number of amides is 1. The molecule has 0 bridgehead atoms. The highest BCUT2D eigenvalue weighted by molar-refractivity contribution is 9.10. The zero-order valence-electron chi connectivity index (χ0n) is 9.03. The Kier molecular flexibility index (Phi) is 3.56. The predicted molar refractivity (Wildman–Crippen MR) is 66.1 cm³/mol. The van der Waals surface area contributed by atoms with Crippen LogP contribution in [0.1, 0.15) is 13.3 Å². The molecule has 1 fully saturated rings. The Morgan fingerprint density at radius 3 is 3.00 bits per heavy atom. The molecule has 1 amide bonds. The van der Waals surface area contributed by atoms with Crippen molar-refractivity contribution in [2.24, 2.45) is 5.92 Å². The third-order valence-corrected chi connectivity index (χ3v) is 3.31. The van der Waals surface area contributed by atoms with E-state index in [4.69, 9.17) is 0 Å². The molecule has 5 heteroatoms. The molecule has 0 spiro atoms. The van der Waals surface area contributed by atoms with Gasteiger partial charge in [-0.1, -0.05) is 0 Å². The number of anilines is 1. The van der Waals surface area contributed by atoms with E-state index < -0.39 is 0 Å². The second-order valence-corrected chi connectivity index (χ2v) is 4.90. The summed E-state index contributed by atoms with van der Waals surface area (Å²) < 4.78 is 0.904. The number of hydrogen-bond donors (Lipinski definition) is 2. The van der Waals surface area contributed by atoms with Gasteiger partial charge in [0, 0.05) is 16.7 Å². The summed E-state index contributed by atoms with van der Waals surface area (Å²) in [5.41, 5.74) is 0. The van der Waals surface area contributed by atoms with Crippen LogP contribution in [0.2, 0.25) is 0 Å². The van der Waals surface area contributed by atoms with Gasteiger partial charge in [0.25, 0.3) is 0 Å². The number of pyridine rings is 1. The zero-order chi connectivity index (χ0) is 11.5. The first-order valence-electron chi connectivity index (χ1n) is 5.32. The number of halogens is 1. The van der Waals surface area contributed by atoms with Crippen molar-refractivity contribution in [2.75, 3.05) is 11.9 Å². The maximum Gasteiger partial charge on any atom is 0.230 e. The van der Waals surface area contributed by atoms with E-state index in [0.29, 0.717) is 5.82 Å². The number of aromatic nitrogens is 1. The van der Waals surface area contributed by atoms with Gasteiger partial charge in [0.1, 0.15) is 5.82 Å². The molecule has 1 aromatic rings. The lowest BCUT2D eigenvalue weighted by Crippen LogP contribution is -2.32. The van der Waals surface area contributed by atoms with Gasteiger partial charge in [0.15, 0.2) is 0 Å². The van der Waals surface area contributed by atoms with E-state index in [1.807, 2.05) is 13.0 Å². The lowest BCUT2D eigenvalue weighted by Gasteiger charge is -2.14. The molecule has 1 aliphatic heterocycles. The van der Waals surface area contributed by atoms with Crippen LogP contribution < -0.4 is 10.6 Å². The largest absolute Gasteiger partial charge is 0.313 e. The van der Waals surface area contributed by atoms with Crippen LogP contribution >= 0.6 is 15.9 Å². The monoisotopic (exact) mass is 283 g/mol. The molecule has 2 heterocycles. The van der Waals surface area contributed by atoms with Gasteiger partial charge in [-0.05, 0) is 48.0 Å². The number of carbonyl (C=O) groups excluding carboxylic acids is 1.